The van der Waals surface area contributed by atoms with Crippen molar-refractivity contribution in [3.05, 3.63) is 64.8 Å². The van der Waals surface area contributed by atoms with Crippen molar-refractivity contribution >= 4 is 22.2 Å². The van der Waals surface area contributed by atoms with E-state index in [4.69, 9.17) is 0 Å². The van der Waals surface area contributed by atoms with Crippen molar-refractivity contribution < 1.29 is 9.18 Å². The van der Waals surface area contributed by atoms with Gasteiger partial charge >= 0.3 is 0 Å². The summed E-state index contributed by atoms with van der Waals surface area (Å²) in [4.78, 5) is 14.8. The summed E-state index contributed by atoms with van der Waals surface area (Å²) in [7, 11) is 0. The summed E-state index contributed by atoms with van der Waals surface area (Å²) in [6.45, 7) is 0. The molecule has 6 heteroatoms. The number of carbonyl (C=O) groups is 1. The topological polar surface area (TPSA) is 47.8 Å². The van der Waals surface area contributed by atoms with Crippen LogP contribution in [0, 0.1) is 5.95 Å². The molecule has 0 saturated heterocycles. The minimum atomic E-state index is -0.571. The molecule has 0 bridgehead atoms. The Labute approximate surface area is 128 Å². The molecule has 0 radical (unpaired) electrons. The van der Waals surface area contributed by atoms with E-state index in [-0.39, 0.29) is 0 Å². The van der Waals surface area contributed by atoms with Gasteiger partial charge in [-0.2, -0.15) is 9.49 Å². The van der Waals surface area contributed by atoms with Gasteiger partial charge in [-0.05, 0) is 36.4 Å². The highest BCUT2D eigenvalue weighted by atomic mass is 79.9. The van der Waals surface area contributed by atoms with Crippen LogP contribution in [0.4, 0.5) is 4.39 Å². The van der Waals surface area contributed by atoms with E-state index < -0.39 is 5.95 Å². The second-order valence-electron chi connectivity index (χ2n) is 4.34. The lowest BCUT2D eigenvalue weighted by atomic mass is 10.1. The Morgan fingerprint density at radius 1 is 1.14 bits per heavy atom. The van der Waals surface area contributed by atoms with Crippen LogP contribution in [-0.4, -0.2) is 21.1 Å². The average Bonchev–Trinajstić information content (AvgIpc) is 2.93. The molecule has 0 aliphatic heterocycles. The minimum absolute atomic E-state index is 0.423. The van der Waals surface area contributed by atoms with Gasteiger partial charge in [-0.1, -0.05) is 15.9 Å². The Balaban J connectivity index is 2.08. The van der Waals surface area contributed by atoms with E-state index in [1.165, 1.54) is 12.3 Å². The van der Waals surface area contributed by atoms with Gasteiger partial charge in [0.1, 0.15) is 5.69 Å². The lowest BCUT2D eigenvalue weighted by molar-refractivity contribution is 0.112. The second kappa shape index (κ2) is 5.57. The number of benzene rings is 1. The van der Waals surface area contributed by atoms with Crippen molar-refractivity contribution in [1.29, 1.82) is 0 Å². The van der Waals surface area contributed by atoms with Gasteiger partial charge in [0, 0.05) is 22.4 Å². The predicted molar refractivity (Wildman–Crippen MR) is 79.8 cm³/mol. The van der Waals surface area contributed by atoms with E-state index in [1.807, 2.05) is 24.3 Å². The van der Waals surface area contributed by atoms with Crippen LogP contribution in [0.15, 0.2) is 53.3 Å². The van der Waals surface area contributed by atoms with Gasteiger partial charge in [-0.25, -0.2) is 9.67 Å². The Morgan fingerprint density at radius 3 is 2.52 bits per heavy atom. The van der Waals surface area contributed by atoms with Crippen LogP contribution in [0.1, 0.15) is 10.4 Å². The van der Waals surface area contributed by atoms with Gasteiger partial charge in [-0.15, -0.1) is 0 Å². The Kier molecular flexibility index (Phi) is 3.62. The van der Waals surface area contributed by atoms with Gasteiger partial charge in [0.2, 0.25) is 5.95 Å². The Bertz CT molecular complexity index is 782. The molecule has 1 aromatic carbocycles. The highest BCUT2D eigenvalue weighted by molar-refractivity contribution is 9.10. The Morgan fingerprint density at radius 2 is 1.90 bits per heavy atom. The van der Waals surface area contributed by atoms with Crippen molar-refractivity contribution in [2.24, 2.45) is 0 Å². The molecule has 0 spiro atoms. The Hall–Kier alpha value is -2.34. The second-order valence-corrected chi connectivity index (χ2v) is 5.26. The number of pyridine rings is 1. The summed E-state index contributed by atoms with van der Waals surface area (Å²) in [6, 6.07) is 10.3. The summed E-state index contributed by atoms with van der Waals surface area (Å²) < 4.78 is 15.4. The fourth-order valence-electron chi connectivity index (χ4n) is 1.94. The molecule has 0 aliphatic carbocycles. The number of aldehydes is 1. The first-order valence-corrected chi connectivity index (χ1v) is 6.89. The predicted octanol–water partition coefficient (Wildman–Crippen LogP) is 3.65. The molecule has 0 saturated carbocycles. The molecule has 0 aliphatic rings. The maximum absolute atomic E-state index is 12.9. The highest BCUT2D eigenvalue weighted by Gasteiger charge is 2.12. The molecule has 0 atom stereocenters. The third kappa shape index (κ3) is 2.75. The van der Waals surface area contributed by atoms with Crippen LogP contribution >= 0.6 is 15.9 Å². The fraction of sp³-hybridized carbons (Fsp3) is 0. The van der Waals surface area contributed by atoms with Crippen LogP contribution in [0.2, 0.25) is 0 Å². The number of hydrogen-bond acceptors (Lipinski definition) is 3. The standard InChI is InChI=1S/C15H9BrFN3O/c16-12-2-4-13(5-3-12)20-8-11(9-21)15(19-20)10-1-6-14(17)18-7-10/h1-9H. The minimum Gasteiger partial charge on any atom is -0.298 e. The van der Waals surface area contributed by atoms with E-state index >= 15 is 0 Å². The van der Waals surface area contributed by atoms with Crippen molar-refractivity contribution in [2.75, 3.05) is 0 Å². The molecule has 0 unspecified atom stereocenters. The largest absolute Gasteiger partial charge is 0.298 e. The van der Waals surface area contributed by atoms with Crippen molar-refractivity contribution in [1.82, 2.24) is 14.8 Å². The zero-order chi connectivity index (χ0) is 14.8. The molecule has 0 fully saturated rings. The molecular formula is C15H9BrFN3O. The van der Waals surface area contributed by atoms with Crippen LogP contribution in [-0.2, 0) is 0 Å². The molecule has 104 valence electrons. The third-order valence-electron chi connectivity index (χ3n) is 2.96. The van der Waals surface area contributed by atoms with E-state index in [2.05, 4.69) is 26.0 Å². The normalized spacial score (nSPS) is 10.6. The van der Waals surface area contributed by atoms with E-state index in [0.717, 1.165) is 16.4 Å². The monoisotopic (exact) mass is 345 g/mol. The lowest BCUT2D eigenvalue weighted by Gasteiger charge is -2.01. The van der Waals surface area contributed by atoms with Gasteiger partial charge in [-0.3, -0.25) is 4.79 Å². The fourth-order valence-corrected chi connectivity index (χ4v) is 2.20. The SMILES string of the molecule is O=Cc1cn(-c2ccc(Br)cc2)nc1-c1ccc(F)nc1. The molecule has 3 rings (SSSR count). The molecule has 3 aromatic rings. The van der Waals surface area contributed by atoms with Crippen LogP contribution in [0.5, 0.6) is 0 Å². The summed E-state index contributed by atoms with van der Waals surface area (Å²) in [5.41, 5.74) is 2.31. The molecule has 2 aromatic heterocycles. The highest BCUT2D eigenvalue weighted by Crippen LogP contribution is 2.22. The molecule has 0 amide bonds. The number of halogens is 2. The molecule has 4 nitrogen and oxygen atoms in total. The molecular weight excluding hydrogens is 337 g/mol. The summed E-state index contributed by atoms with van der Waals surface area (Å²) in [5.74, 6) is -0.571. The number of aromatic nitrogens is 3. The third-order valence-corrected chi connectivity index (χ3v) is 3.49. The van der Waals surface area contributed by atoms with Crippen molar-refractivity contribution in [3.8, 4) is 16.9 Å². The van der Waals surface area contributed by atoms with Crippen LogP contribution in [0.3, 0.4) is 0 Å². The number of carbonyl (C=O) groups excluding carboxylic acids is 1. The van der Waals surface area contributed by atoms with E-state index in [0.29, 0.717) is 16.8 Å². The maximum Gasteiger partial charge on any atom is 0.212 e. The first kappa shape index (κ1) is 13.6. The first-order valence-electron chi connectivity index (χ1n) is 6.10. The van der Waals surface area contributed by atoms with Crippen LogP contribution < -0.4 is 0 Å². The van der Waals surface area contributed by atoms with Crippen LogP contribution in [0.25, 0.3) is 16.9 Å². The maximum atomic E-state index is 12.9. The summed E-state index contributed by atoms with van der Waals surface area (Å²) in [6.07, 6.45) is 3.71. The van der Waals surface area contributed by atoms with Gasteiger partial charge < -0.3 is 0 Å². The van der Waals surface area contributed by atoms with Crippen molar-refractivity contribution in [2.45, 2.75) is 0 Å². The number of rotatable bonds is 3. The van der Waals surface area contributed by atoms with E-state index in [1.54, 1.807) is 16.9 Å². The average molecular weight is 346 g/mol. The zero-order valence-corrected chi connectivity index (χ0v) is 12.3. The molecule has 21 heavy (non-hydrogen) atoms. The van der Waals surface area contributed by atoms with Gasteiger partial charge in [0.05, 0.1) is 11.3 Å². The number of nitrogens with zero attached hydrogens (tertiary/aromatic N) is 3. The van der Waals surface area contributed by atoms with Gasteiger partial charge in [0.15, 0.2) is 6.29 Å². The van der Waals surface area contributed by atoms with E-state index in [9.17, 15) is 9.18 Å². The smallest absolute Gasteiger partial charge is 0.212 e. The summed E-state index contributed by atoms with van der Waals surface area (Å²) in [5, 5.41) is 4.39. The first-order chi connectivity index (χ1) is 10.2. The van der Waals surface area contributed by atoms with Gasteiger partial charge in [0.25, 0.3) is 0 Å². The number of hydrogen-bond donors (Lipinski definition) is 0. The summed E-state index contributed by atoms with van der Waals surface area (Å²) >= 11 is 3.37. The van der Waals surface area contributed by atoms with Crippen molar-refractivity contribution in [3.63, 3.8) is 0 Å². The lowest BCUT2D eigenvalue weighted by Crippen LogP contribution is -1.94. The quantitative estimate of drug-likeness (QED) is 0.537. The molecule has 2 heterocycles. The zero-order valence-electron chi connectivity index (χ0n) is 10.7. The molecule has 0 N–H and O–H groups in total.